The monoisotopic (exact) mass is 261 g/mol. The van der Waals surface area contributed by atoms with Crippen LogP contribution in [0.4, 0.5) is 0 Å². The van der Waals surface area contributed by atoms with E-state index in [1.54, 1.807) is 0 Å². The van der Waals surface area contributed by atoms with Gasteiger partial charge in [-0.1, -0.05) is 44.2 Å². The van der Waals surface area contributed by atoms with E-state index in [1.807, 2.05) is 0 Å². The molecule has 19 heavy (non-hydrogen) atoms. The molecule has 2 unspecified atom stereocenters. The van der Waals surface area contributed by atoms with Gasteiger partial charge in [-0.05, 0) is 37.2 Å². The van der Waals surface area contributed by atoms with Crippen LogP contribution in [0.3, 0.4) is 0 Å². The van der Waals surface area contributed by atoms with E-state index in [1.165, 1.54) is 18.4 Å². The SMILES string of the molecule is CCOCC(NC(c1ccccc1)C1CC1)C(C)C. The van der Waals surface area contributed by atoms with E-state index in [0.717, 1.165) is 19.1 Å². The Morgan fingerprint density at radius 2 is 1.89 bits per heavy atom. The first-order chi connectivity index (χ1) is 9.22. The van der Waals surface area contributed by atoms with Crippen LogP contribution in [-0.2, 0) is 4.74 Å². The van der Waals surface area contributed by atoms with Gasteiger partial charge in [0, 0.05) is 18.7 Å². The lowest BCUT2D eigenvalue weighted by molar-refractivity contribution is 0.102. The molecule has 1 aliphatic rings. The van der Waals surface area contributed by atoms with Gasteiger partial charge in [0.05, 0.1) is 6.61 Å². The molecule has 0 amide bonds. The molecule has 0 bridgehead atoms. The lowest BCUT2D eigenvalue weighted by Gasteiger charge is -2.28. The maximum absolute atomic E-state index is 5.63. The van der Waals surface area contributed by atoms with Gasteiger partial charge in [0.15, 0.2) is 0 Å². The summed E-state index contributed by atoms with van der Waals surface area (Å²) in [6, 6.07) is 11.8. The van der Waals surface area contributed by atoms with E-state index in [2.05, 4.69) is 56.4 Å². The van der Waals surface area contributed by atoms with Gasteiger partial charge in [-0.2, -0.15) is 0 Å². The van der Waals surface area contributed by atoms with Gasteiger partial charge in [-0.3, -0.25) is 0 Å². The molecule has 2 atom stereocenters. The van der Waals surface area contributed by atoms with Crippen LogP contribution in [0.1, 0.15) is 45.2 Å². The van der Waals surface area contributed by atoms with Crippen LogP contribution in [0.15, 0.2) is 30.3 Å². The fraction of sp³-hybridized carbons (Fsp3) is 0.647. The van der Waals surface area contributed by atoms with Gasteiger partial charge >= 0.3 is 0 Å². The molecule has 0 spiro atoms. The molecule has 1 fully saturated rings. The molecule has 2 nitrogen and oxygen atoms in total. The molecular weight excluding hydrogens is 234 g/mol. The van der Waals surface area contributed by atoms with Crippen molar-refractivity contribution in [2.45, 2.75) is 45.7 Å². The summed E-state index contributed by atoms with van der Waals surface area (Å²) in [5.74, 6) is 1.40. The zero-order chi connectivity index (χ0) is 13.7. The molecule has 0 radical (unpaired) electrons. The van der Waals surface area contributed by atoms with Gasteiger partial charge in [0.25, 0.3) is 0 Å². The van der Waals surface area contributed by atoms with Gasteiger partial charge < -0.3 is 10.1 Å². The van der Waals surface area contributed by atoms with Crippen molar-refractivity contribution in [2.75, 3.05) is 13.2 Å². The minimum absolute atomic E-state index is 0.436. The van der Waals surface area contributed by atoms with E-state index in [9.17, 15) is 0 Å². The molecule has 1 N–H and O–H groups in total. The van der Waals surface area contributed by atoms with Gasteiger partial charge in [0.1, 0.15) is 0 Å². The maximum atomic E-state index is 5.63. The molecular formula is C17H27NO. The van der Waals surface area contributed by atoms with Gasteiger partial charge in [0.2, 0.25) is 0 Å². The number of hydrogen-bond acceptors (Lipinski definition) is 2. The second-order valence-electron chi connectivity index (χ2n) is 5.90. The summed E-state index contributed by atoms with van der Waals surface area (Å²) in [6.07, 6.45) is 2.71. The Balaban J connectivity index is 2.02. The first-order valence-electron chi connectivity index (χ1n) is 7.61. The van der Waals surface area contributed by atoms with E-state index in [4.69, 9.17) is 4.74 Å². The third kappa shape index (κ3) is 4.32. The third-order valence-corrected chi connectivity index (χ3v) is 3.95. The summed E-state index contributed by atoms with van der Waals surface area (Å²) in [5.41, 5.74) is 1.42. The van der Waals surface area contributed by atoms with Crippen LogP contribution < -0.4 is 5.32 Å². The van der Waals surface area contributed by atoms with E-state index >= 15 is 0 Å². The number of ether oxygens (including phenoxy) is 1. The number of rotatable bonds is 8. The van der Waals surface area contributed by atoms with Crippen molar-refractivity contribution in [2.24, 2.45) is 11.8 Å². The summed E-state index contributed by atoms with van der Waals surface area (Å²) < 4.78 is 5.63. The highest BCUT2D eigenvalue weighted by Gasteiger charge is 2.34. The number of benzene rings is 1. The topological polar surface area (TPSA) is 21.3 Å². The Morgan fingerprint density at radius 3 is 2.42 bits per heavy atom. The standard InChI is InChI=1S/C17H27NO/c1-4-19-12-16(13(2)3)18-17(15-10-11-15)14-8-6-5-7-9-14/h5-9,13,15-18H,4,10-12H2,1-3H3. The van der Waals surface area contributed by atoms with E-state index in [0.29, 0.717) is 18.0 Å². The second-order valence-corrected chi connectivity index (χ2v) is 5.90. The summed E-state index contributed by atoms with van der Waals surface area (Å²) in [7, 11) is 0. The zero-order valence-electron chi connectivity index (χ0n) is 12.4. The predicted molar refractivity (Wildman–Crippen MR) is 80.2 cm³/mol. The molecule has 1 saturated carbocycles. The molecule has 2 rings (SSSR count). The fourth-order valence-electron chi connectivity index (χ4n) is 2.50. The Labute approximate surface area is 117 Å². The fourth-order valence-corrected chi connectivity index (χ4v) is 2.50. The largest absolute Gasteiger partial charge is 0.380 e. The average molecular weight is 261 g/mol. The normalized spacial score (nSPS) is 18.5. The highest BCUT2D eigenvalue weighted by Crippen LogP contribution is 2.41. The summed E-state index contributed by atoms with van der Waals surface area (Å²) in [5, 5.41) is 3.84. The number of nitrogens with one attached hydrogen (secondary N) is 1. The first kappa shape index (κ1) is 14.5. The van der Waals surface area contributed by atoms with Crippen molar-refractivity contribution in [1.82, 2.24) is 5.32 Å². The van der Waals surface area contributed by atoms with Crippen molar-refractivity contribution in [3.8, 4) is 0 Å². The molecule has 0 aromatic heterocycles. The number of hydrogen-bond donors (Lipinski definition) is 1. The van der Waals surface area contributed by atoms with E-state index < -0.39 is 0 Å². The Kier molecular flexibility index (Phi) is 5.41. The minimum atomic E-state index is 0.436. The average Bonchev–Trinajstić information content (AvgIpc) is 3.24. The third-order valence-electron chi connectivity index (χ3n) is 3.95. The van der Waals surface area contributed by atoms with Crippen molar-refractivity contribution in [3.05, 3.63) is 35.9 Å². The minimum Gasteiger partial charge on any atom is -0.380 e. The van der Waals surface area contributed by atoms with Gasteiger partial charge in [-0.15, -0.1) is 0 Å². The van der Waals surface area contributed by atoms with E-state index in [-0.39, 0.29) is 0 Å². The van der Waals surface area contributed by atoms with Crippen molar-refractivity contribution < 1.29 is 4.74 Å². The lowest BCUT2D eigenvalue weighted by atomic mass is 9.98. The Hall–Kier alpha value is -0.860. The maximum Gasteiger partial charge on any atom is 0.0622 e. The van der Waals surface area contributed by atoms with Gasteiger partial charge in [-0.25, -0.2) is 0 Å². The summed E-state index contributed by atoms with van der Waals surface area (Å²) >= 11 is 0. The van der Waals surface area contributed by atoms with Crippen LogP contribution in [0.5, 0.6) is 0 Å². The van der Waals surface area contributed by atoms with Crippen molar-refractivity contribution in [1.29, 1.82) is 0 Å². The zero-order valence-corrected chi connectivity index (χ0v) is 12.4. The molecule has 0 saturated heterocycles. The quantitative estimate of drug-likeness (QED) is 0.769. The molecule has 1 aliphatic carbocycles. The molecule has 1 aromatic carbocycles. The molecule has 0 heterocycles. The van der Waals surface area contributed by atoms with Crippen molar-refractivity contribution >= 4 is 0 Å². The highest BCUT2D eigenvalue weighted by molar-refractivity contribution is 5.21. The lowest BCUT2D eigenvalue weighted by Crippen LogP contribution is -2.41. The molecule has 0 aliphatic heterocycles. The van der Waals surface area contributed by atoms with Crippen LogP contribution in [-0.4, -0.2) is 19.3 Å². The molecule has 2 heteroatoms. The summed E-state index contributed by atoms with van der Waals surface area (Å²) in [4.78, 5) is 0. The molecule has 1 aromatic rings. The molecule has 106 valence electrons. The smallest absolute Gasteiger partial charge is 0.0622 e. The Bertz CT molecular complexity index is 359. The van der Waals surface area contributed by atoms with Crippen LogP contribution >= 0.6 is 0 Å². The van der Waals surface area contributed by atoms with Crippen LogP contribution in [0.25, 0.3) is 0 Å². The van der Waals surface area contributed by atoms with Crippen molar-refractivity contribution in [3.63, 3.8) is 0 Å². The van der Waals surface area contributed by atoms with Crippen LogP contribution in [0.2, 0.25) is 0 Å². The highest BCUT2D eigenvalue weighted by atomic mass is 16.5. The van der Waals surface area contributed by atoms with Crippen LogP contribution in [0, 0.1) is 11.8 Å². The predicted octanol–water partition coefficient (Wildman–Crippen LogP) is 3.79. The second kappa shape index (κ2) is 7.06. The summed E-state index contributed by atoms with van der Waals surface area (Å²) in [6.45, 7) is 8.21. The Morgan fingerprint density at radius 1 is 1.21 bits per heavy atom. The first-order valence-corrected chi connectivity index (χ1v) is 7.61.